The molecule has 12 heavy (non-hydrogen) atoms. The Morgan fingerprint density at radius 2 is 1.50 bits per heavy atom. The Morgan fingerprint density at radius 3 is 1.75 bits per heavy atom. The Labute approximate surface area is 69.0 Å². The van der Waals surface area contributed by atoms with Crippen LogP contribution in [0.5, 0.6) is 0 Å². The van der Waals surface area contributed by atoms with Gasteiger partial charge in [-0.2, -0.15) is 13.2 Å². The molecule has 0 nitrogen and oxygen atoms in total. The van der Waals surface area contributed by atoms with Crippen molar-refractivity contribution < 1.29 is 17.6 Å². The van der Waals surface area contributed by atoms with Crippen molar-refractivity contribution in [1.29, 1.82) is 0 Å². The number of hydrogen-bond donors (Lipinski definition) is 0. The highest BCUT2D eigenvalue weighted by atomic mass is 19.4. The number of rotatable bonds is 1. The minimum Gasteiger partial charge on any atom is -0.250 e. The summed E-state index contributed by atoms with van der Waals surface area (Å²) in [7, 11) is 0. The number of hydrogen-bond acceptors (Lipinski definition) is 0. The summed E-state index contributed by atoms with van der Waals surface area (Å²) < 4.78 is 49.4. The molecule has 0 bridgehead atoms. The van der Waals surface area contributed by atoms with Crippen molar-refractivity contribution in [3.63, 3.8) is 0 Å². The third-order valence-corrected chi connectivity index (χ3v) is 2.67. The zero-order chi connectivity index (χ0) is 9.24. The van der Waals surface area contributed by atoms with Crippen molar-refractivity contribution in [2.45, 2.75) is 38.3 Å². The SMILES string of the molecule is FCC1(C(F)(F)F)CCCCC1. The molecule has 1 aliphatic carbocycles. The highest BCUT2D eigenvalue weighted by Crippen LogP contribution is 2.49. The molecule has 1 fully saturated rings. The third-order valence-electron chi connectivity index (χ3n) is 2.67. The Morgan fingerprint density at radius 1 is 1.00 bits per heavy atom. The maximum Gasteiger partial charge on any atom is 0.397 e. The van der Waals surface area contributed by atoms with Gasteiger partial charge in [0.15, 0.2) is 0 Å². The van der Waals surface area contributed by atoms with Crippen LogP contribution >= 0.6 is 0 Å². The normalized spacial score (nSPS) is 24.0. The van der Waals surface area contributed by atoms with E-state index in [0.717, 1.165) is 6.42 Å². The van der Waals surface area contributed by atoms with E-state index in [1.165, 1.54) is 0 Å². The summed E-state index contributed by atoms with van der Waals surface area (Å²) in [5, 5.41) is 0. The maximum atomic E-state index is 12.4. The fourth-order valence-electron chi connectivity index (χ4n) is 1.72. The fourth-order valence-corrected chi connectivity index (χ4v) is 1.72. The molecule has 0 atom stereocenters. The lowest BCUT2D eigenvalue weighted by Gasteiger charge is -2.36. The van der Waals surface area contributed by atoms with E-state index < -0.39 is 18.3 Å². The quantitative estimate of drug-likeness (QED) is 0.547. The van der Waals surface area contributed by atoms with Gasteiger partial charge in [-0.15, -0.1) is 0 Å². The van der Waals surface area contributed by atoms with Crippen molar-refractivity contribution in [1.82, 2.24) is 0 Å². The molecule has 1 aliphatic rings. The van der Waals surface area contributed by atoms with Gasteiger partial charge >= 0.3 is 6.18 Å². The molecule has 1 rings (SSSR count). The minimum atomic E-state index is -4.36. The minimum absolute atomic E-state index is 0.0347. The molecular weight excluding hydrogens is 172 g/mol. The van der Waals surface area contributed by atoms with Gasteiger partial charge in [0.1, 0.15) is 6.67 Å². The van der Waals surface area contributed by atoms with E-state index in [1.54, 1.807) is 0 Å². The fraction of sp³-hybridized carbons (Fsp3) is 1.00. The lowest BCUT2D eigenvalue weighted by molar-refractivity contribution is -0.239. The van der Waals surface area contributed by atoms with Gasteiger partial charge < -0.3 is 0 Å². The third kappa shape index (κ3) is 1.57. The van der Waals surface area contributed by atoms with Gasteiger partial charge in [-0.05, 0) is 12.8 Å². The first kappa shape index (κ1) is 9.81. The van der Waals surface area contributed by atoms with Gasteiger partial charge in [0.05, 0.1) is 5.41 Å². The van der Waals surface area contributed by atoms with Crippen LogP contribution < -0.4 is 0 Å². The smallest absolute Gasteiger partial charge is 0.250 e. The first-order valence-corrected chi connectivity index (χ1v) is 4.14. The van der Waals surface area contributed by atoms with E-state index in [2.05, 4.69) is 0 Å². The van der Waals surface area contributed by atoms with Crippen molar-refractivity contribution in [3.05, 3.63) is 0 Å². The summed E-state index contributed by atoms with van der Waals surface area (Å²) in [6.45, 7) is -1.25. The Balaban J connectivity index is 2.73. The van der Waals surface area contributed by atoms with E-state index in [1.807, 2.05) is 0 Å². The van der Waals surface area contributed by atoms with E-state index in [0.29, 0.717) is 12.8 Å². The van der Waals surface area contributed by atoms with Gasteiger partial charge in [0.25, 0.3) is 0 Å². The number of halogens is 4. The van der Waals surface area contributed by atoms with Crippen LogP contribution in [0.2, 0.25) is 0 Å². The van der Waals surface area contributed by atoms with Crippen molar-refractivity contribution >= 4 is 0 Å². The Hall–Kier alpha value is -0.280. The van der Waals surface area contributed by atoms with E-state index >= 15 is 0 Å². The second-order valence-corrected chi connectivity index (χ2v) is 3.47. The standard InChI is InChI=1S/C8H12F4/c9-6-7(8(10,11)12)4-2-1-3-5-7/h1-6H2. The van der Waals surface area contributed by atoms with Crippen LogP contribution in [-0.4, -0.2) is 12.9 Å². The molecule has 0 spiro atoms. The van der Waals surface area contributed by atoms with E-state index in [4.69, 9.17) is 0 Å². The zero-order valence-corrected chi connectivity index (χ0v) is 6.75. The molecule has 0 saturated heterocycles. The van der Waals surface area contributed by atoms with E-state index in [9.17, 15) is 17.6 Å². The van der Waals surface area contributed by atoms with Gasteiger partial charge in [-0.1, -0.05) is 19.3 Å². The summed E-state index contributed by atoms with van der Waals surface area (Å²) in [6.07, 6.45) is -2.62. The molecule has 0 aliphatic heterocycles. The summed E-state index contributed by atoms with van der Waals surface area (Å²) in [5.74, 6) is 0. The number of alkyl halides is 4. The van der Waals surface area contributed by atoms with Gasteiger partial charge in [0, 0.05) is 0 Å². The van der Waals surface area contributed by atoms with Crippen LogP contribution in [0.1, 0.15) is 32.1 Å². The molecule has 0 radical (unpaired) electrons. The molecule has 0 aromatic rings. The predicted octanol–water partition coefficient (Wildman–Crippen LogP) is 3.47. The monoisotopic (exact) mass is 184 g/mol. The van der Waals surface area contributed by atoms with E-state index in [-0.39, 0.29) is 12.8 Å². The summed E-state index contributed by atoms with van der Waals surface area (Å²) >= 11 is 0. The van der Waals surface area contributed by atoms with Crippen LogP contribution in [0.15, 0.2) is 0 Å². The lowest BCUT2D eigenvalue weighted by atomic mass is 9.74. The maximum absolute atomic E-state index is 12.4. The molecular formula is C8H12F4. The van der Waals surface area contributed by atoms with Gasteiger partial charge in [0.2, 0.25) is 0 Å². The largest absolute Gasteiger partial charge is 0.397 e. The van der Waals surface area contributed by atoms with Crippen LogP contribution in [0.4, 0.5) is 17.6 Å². The van der Waals surface area contributed by atoms with Crippen molar-refractivity contribution in [2.24, 2.45) is 5.41 Å². The van der Waals surface area contributed by atoms with Gasteiger partial charge in [-0.25, -0.2) is 0 Å². The summed E-state index contributed by atoms with van der Waals surface area (Å²) in [6, 6.07) is 0. The lowest BCUT2D eigenvalue weighted by Crippen LogP contribution is -2.41. The Bertz CT molecular complexity index is 144. The second kappa shape index (κ2) is 3.23. The van der Waals surface area contributed by atoms with Crippen LogP contribution in [0, 0.1) is 5.41 Å². The van der Waals surface area contributed by atoms with Crippen LogP contribution in [-0.2, 0) is 0 Å². The molecule has 0 aromatic heterocycles. The molecule has 1 saturated carbocycles. The summed E-state index contributed by atoms with van der Waals surface area (Å²) in [5.41, 5.74) is -2.01. The van der Waals surface area contributed by atoms with Crippen molar-refractivity contribution in [3.8, 4) is 0 Å². The molecule has 0 N–H and O–H groups in total. The van der Waals surface area contributed by atoms with Crippen LogP contribution in [0.25, 0.3) is 0 Å². The average molecular weight is 184 g/mol. The molecule has 0 aromatic carbocycles. The Kier molecular flexibility index (Phi) is 2.64. The predicted molar refractivity (Wildman–Crippen MR) is 37.5 cm³/mol. The first-order chi connectivity index (χ1) is 5.52. The highest BCUT2D eigenvalue weighted by Gasteiger charge is 2.54. The molecule has 0 unspecified atom stereocenters. The molecule has 0 heterocycles. The highest BCUT2D eigenvalue weighted by molar-refractivity contribution is 4.88. The zero-order valence-electron chi connectivity index (χ0n) is 6.75. The molecule has 0 amide bonds. The second-order valence-electron chi connectivity index (χ2n) is 3.47. The first-order valence-electron chi connectivity index (χ1n) is 4.14. The van der Waals surface area contributed by atoms with Crippen molar-refractivity contribution in [2.75, 3.05) is 6.67 Å². The molecule has 72 valence electrons. The van der Waals surface area contributed by atoms with Gasteiger partial charge in [-0.3, -0.25) is 4.39 Å². The average Bonchev–Trinajstić information content (AvgIpc) is 2.04. The molecule has 4 heteroatoms. The van der Waals surface area contributed by atoms with Crippen LogP contribution in [0.3, 0.4) is 0 Å². The topological polar surface area (TPSA) is 0 Å². The summed E-state index contributed by atoms with van der Waals surface area (Å²) in [4.78, 5) is 0.